The standard InChI is InChI=1S/C17H18FNO4S/c1-11(13-6-9-16(23-2)15(18)10-13)19-17(20)12-4-7-14(8-5-12)24(3,21)22/h4-11H,1-3H3,(H,19,20)/t11-/m0/s1. The van der Waals surface area contributed by atoms with Gasteiger partial charge in [0.05, 0.1) is 18.0 Å². The van der Waals surface area contributed by atoms with Gasteiger partial charge in [-0.2, -0.15) is 0 Å². The summed E-state index contributed by atoms with van der Waals surface area (Å²) in [7, 11) is -1.93. The lowest BCUT2D eigenvalue weighted by Gasteiger charge is -2.15. The average Bonchev–Trinajstić information content (AvgIpc) is 2.54. The second-order valence-electron chi connectivity index (χ2n) is 5.39. The van der Waals surface area contributed by atoms with Crippen LogP contribution in [0.2, 0.25) is 0 Å². The van der Waals surface area contributed by atoms with E-state index >= 15 is 0 Å². The normalized spacial score (nSPS) is 12.5. The van der Waals surface area contributed by atoms with Crippen LogP contribution in [0.15, 0.2) is 47.4 Å². The smallest absolute Gasteiger partial charge is 0.251 e. The van der Waals surface area contributed by atoms with Gasteiger partial charge in [0.2, 0.25) is 0 Å². The first-order valence-corrected chi connectivity index (χ1v) is 9.06. The van der Waals surface area contributed by atoms with Crippen LogP contribution in [-0.4, -0.2) is 27.7 Å². The second-order valence-corrected chi connectivity index (χ2v) is 7.40. The third-order valence-electron chi connectivity index (χ3n) is 3.57. The van der Waals surface area contributed by atoms with E-state index in [2.05, 4.69) is 5.32 Å². The largest absolute Gasteiger partial charge is 0.494 e. The Morgan fingerprint density at radius 1 is 1.17 bits per heavy atom. The number of hydrogen-bond donors (Lipinski definition) is 1. The fraction of sp³-hybridized carbons (Fsp3) is 0.235. The highest BCUT2D eigenvalue weighted by Crippen LogP contribution is 2.22. The monoisotopic (exact) mass is 351 g/mol. The van der Waals surface area contributed by atoms with Gasteiger partial charge < -0.3 is 10.1 Å². The van der Waals surface area contributed by atoms with Crippen LogP contribution in [0.25, 0.3) is 0 Å². The predicted molar refractivity (Wildman–Crippen MR) is 88.4 cm³/mol. The first kappa shape index (κ1) is 17.9. The molecule has 2 rings (SSSR count). The van der Waals surface area contributed by atoms with Crippen LogP contribution in [0.3, 0.4) is 0 Å². The van der Waals surface area contributed by atoms with Gasteiger partial charge in [0.1, 0.15) is 0 Å². The molecule has 1 amide bonds. The molecule has 0 aromatic heterocycles. The van der Waals surface area contributed by atoms with Crippen molar-refractivity contribution in [3.63, 3.8) is 0 Å². The fourth-order valence-corrected chi connectivity index (χ4v) is 2.80. The number of sulfone groups is 1. The molecule has 128 valence electrons. The third-order valence-corrected chi connectivity index (χ3v) is 4.70. The minimum atomic E-state index is -3.31. The molecule has 1 N–H and O–H groups in total. The van der Waals surface area contributed by atoms with E-state index in [-0.39, 0.29) is 16.6 Å². The van der Waals surface area contributed by atoms with Crippen molar-refractivity contribution in [3.05, 3.63) is 59.4 Å². The average molecular weight is 351 g/mol. The molecule has 0 spiro atoms. The molecule has 0 aliphatic rings. The van der Waals surface area contributed by atoms with Crippen LogP contribution >= 0.6 is 0 Å². The maximum Gasteiger partial charge on any atom is 0.251 e. The summed E-state index contributed by atoms with van der Waals surface area (Å²) >= 11 is 0. The van der Waals surface area contributed by atoms with Crippen LogP contribution in [0.5, 0.6) is 5.75 Å². The van der Waals surface area contributed by atoms with Crippen molar-refractivity contribution in [3.8, 4) is 5.75 Å². The zero-order chi connectivity index (χ0) is 17.9. The van der Waals surface area contributed by atoms with Gasteiger partial charge in [0.25, 0.3) is 5.91 Å². The molecule has 0 radical (unpaired) electrons. The van der Waals surface area contributed by atoms with Crippen LogP contribution in [-0.2, 0) is 9.84 Å². The highest BCUT2D eigenvalue weighted by molar-refractivity contribution is 7.90. The Hall–Kier alpha value is -2.41. The molecule has 1 atom stereocenters. The lowest BCUT2D eigenvalue weighted by molar-refractivity contribution is 0.0939. The van der Waals surface area contributed by atoms with E-state index in [0.717, 1.165) is 6.26 Å². The molecule has 2 aromatic rings. The third kappa shape index (κ3) is 4.11. The molecule has 0 bridgehead atoms. The van der Waals surface area contributed by atoms with Crippen LogP contribution < -0.4 is 10.1 Å². The minimum Gasteiger partial charge on any atom is -0.494 e. The quantitative estimate of drug-likeness (QED) is 0.899. The second kappa shape index (κ2) is 7.00. The van der Waals surface area contributed by atoms with Crippen molar-refractivity contribution in [1.29, 1.82) is 0 Å². The van der Waals surface area contributed by atoms with Gasteiger partial charge in [-0.25, -0.2) is 12.8 Å². The summed E-state index contributed by atoms with van der Waals surface area (Å²) in [6.07, 6.45) is 1.10. The van der Waals surface area contributed by atoms with Crippen molar-refractivity contribution in [2.75, 3.05) is 13.4 Å². The Morgan fingerprint density at radius 2 is 1.79 bits per heavy atom. The minimum absolute atomic E-state index is 0.133. The maximum absolute atomic E-state index is 13.7. The summed E-state index contributed by atoms with van der Waals surface area (Å²) in [6, 6.07) is 9.67. The molecule has 0 fully saturated rings. The molecule has 0 heterocycles. The van der Waals surface area contributed by atoms with Crippen molar-refractivity contribution < 1.29 is 22.3 Å². The molecule has 7 heteroatoms. The number of carbonyl (C=O) groups is 1. The molecule has 0 saturated heterocycles. The van der Waals surface area contributed by atoms with Crippen LogP contribution in [0, 0.1) is 5.82 Å². The molecular weight excluding hydrogens is 333 g/mol. The summed E-state index contributed by atoms with van der Waals surface area (Å²) in [5.74, 6) is -0.749. The van der Waals surface area contributed by atoms with E-state index in [4.69, 9.17) is 4.74 Å². The number of rotatable bonds is 5. The van der Waals surface area contributed by atoms with Gasteiger partial charge >= 0.3 is 0 Å². The molecule has 0 unspecified atom stereocenters. The number of methoxy groups -OCH3 is 1. The number of ether oxygens (including phenoxy) is 1. The predicted octanol–water partition coefficient (Wildman–Crippen LogP) is 2.73. The molecule has 24 heavy (non-hydrogen) atoms. The van der Waals surface area contributed by atoms with Crippen molar-refractivity contribution in [2.45, 2.75) is 17.9 Å². The Morgan fingerprint density at radius 3 is 2.29 bits per heavy atom. The number of nitrogens with one attached hydrogen (secondary N) is 1. The summed E-state index contributed by atoms with van der Waals surface area (Å²) in [4.78, 5) is 12.4. The molecular formula is C17H18FNO4S. The van der Waals surface area contributed by atoms with E-state index in [1.807, 2.05) is 0 Å². The van der Waals surface area contributed by atoms with E-state index in [0.29, 0.717) is 11.1 Å². The lowest BCUT2D eigenvalue weighted by Crippen LogP contribution is -2.26. The number of carbonyl (C=O) groups excluding carboxylic acids is 1. The SMILES string of the molecule is COc1ccc([C@H](C)NC(=O)c2ccc(S(C)(=O)=O)cc2)cc1F. The van der Waals surface area contributed by atoms with E-state index < -0.39 is 21.7 Å². The van der Waals surface area contributed by atoms with Gasteiger partial charge in [-0.3, -0.25) is 4.79 Å². The van der Waals surface area contributed by atoms with Crippen molar-refractivity contribution >= 4 is 15.7 Å². The summed E-state index contributed by atoms with van der Waals surface area (Å²) < 4.78 is 41.4. The number of halogens is 1. The molecule has 2 aromatic carbocycles. The van der Waals surface area contributed by atoms with Gasteiger partial charge in [-0.15, -0.1) is 0 Å². The first-order chi connectivity index (χ1) is 11.2. The number of hydrogen-bond acceptors (Lipinski definition) is 4. The van der Waals surface area contributed by atoms with Crippen molar-refractivity contribution in [1.82, 2.24) is 5.32 Å². The summed E-state index contributed by atoms with van der Waals surface area (Å²) in [5.41, 5.74) is 0.914. The molecule has 5 nitrogen and oxygen atoms in total. The van der Waals surface area contributed by atoms with Crippen LogP contribution in [0.4, 0.5) is 4.39 Å². The van der Waals surface area contributed by atoms with E-state index in [1.165, 1.54) is 43.5 Å². The molecule has 0 aliphatic carbocycles. The van der Waals surface area contributed by atoms with Gasteiger partial charge in [0, 0.05) is 11.8 Å². The first-order valence-electron chi connectivity index (χ1n) is 7.17. The zero-order valence-corrected chi connectivity index (χ0v) is 14.4. The molecule has 0 aliphatic heterocycles. The Kier molecular flexibility index (Phi) is 5.23. The van der Waals surface area contributed by atoms with Gasteiger partial charge in [0.15, 0.2) is 21.4 Å². The Labute approximate surface area is 140 Å². The highest BCUT2D eigenvalue weighted by Gasteiger charge is 2.14. The topological polar surface area (TPSA) is 72.5 Å². The fourth-order valence-electron chi connectivity index (χ4n) is 2.17. The van der Waals surface area contributed by atoms with E-state index in [9.17, 15) is 17.6 Å². The molecule has 0 saturated carbocycles. The Balaban J connectivity index is 2.12. The number of benzene rings is 2. The summed E-state index contributed by atoms with van der Waals surface area (Å²) in [5, 5.41) is 2.74. The van der Waals surface area contributed by atoms with Gasteiger partial charge in [-0.05, 0) is 48.9 Å². The maximum atomic E-state index is 13.7. The number of amides is 1. The van der Waals surface area contributed by atoms with Crippen LogP contribution in [0.1, 0.15) is 28.9 Å². The van der Waals surface area contributed by atoms with Crippen molar-refractivity contribution in [2.24, 2.45) is 0 Å². The lowest BCUT2D eigenvalue weighted by atomic mass is 10.1. The highest BCUT2D eigenvalue weighted by atomic mass is 32.2. The van der Waals surface area contributed by atoms with Gasteiger partial charge in [-0.1, -0.05) is 6.07 Å². The van der Waals surface area contributed by atoms with E-state index in [1.54, 1.807) is 13.0 Å². The Bertz CT molecular complexity index is 847. The zero-order valence-electron chi connectivity index (χ0n) is 13.5. The summed E-state index contributed by atoms with van der Waals surface area (Å²) in [6.45, 7) is 1.73.